The summed E-state index contributed by atoms with van der Waals surface area (Å²) in [6, 6.07) is 4.35. The summed E-state index contributed by atoms with van der Waals surface area (Å²) in [7, 11) is -2.34. The molecule has 0 saturated heterocycles. The number of amides is 1. The molecule has 0 spiro atoms. The molecule has 1 aromatic carbocycles. The highest BCUT2D eigenvalue weighted by molar-refractivity contribution is 7.89. The molecule has 0 bridgehead atoms. The Morgan fingerprint density at radius 2 is 1.75 bits per heavy atom. The summed E-state index contributed by atoms with van der Waals surface area (Å²) < 4.78 is 25.8. The van der Waals surface area contributed by atoms with Crippen molar-refractivity contribution >= 4 is 27.6 Å². The smallest absolute Gasteiger partial charge is 0.321 e. The Hall–Kier alpha value is -1.93. The van der Waals surface area contributed by atoms with Gasteiger partial charge in [0.05, 0.1) is 4.90 Å². The standard InChI is InChI=1S/C12H16N2O5S/c1-8(12(16)17)13-20(18,19)11-6-4-10(5-7-11)14(3)9(2)15/h4-8,13H,1-3H3,(H,16,17)/t8-/m1/s1. The second kappa shape index (κ2) is 6.02. The Morgan fingerprint density at radius 3 is 2.15 bits per heavy atom. The first-order valence-corrected chi connectivity index (χ1v) is 7.23. The van der Waals surface area contributed by atoms with Gasteiger partial charge in [0.15, 0.2) is 0 Å². The first kappa shape index (κ1) is 16.1. The van der Waals surface area contributed by atoms with Crippen LogP contribution in [-0.2, 0) is 19.6 Å². The number of carbonyl (C=O) groups is 2. The molecule has 0 aliphatic carbocycles. The third-order valence-electron chi connectivity index (χ3n) is 2.71. The van der Waals surface area contributed by atoms with Crippen molar-refractivity contribution in [3.8, 4) is 0 Å². The van der Waals surface area contributed by atoms with Gasteiger partial charge in [0.25, 0.3) is 0 Å². The highest BCUT2D eigenvalue weighted by Gasteiger charge is 2.21. The fourth-order valence-corrected chi connectivity index (χ4v) is 2.58. The molecule has 1 atom stereocenters. The van der Waals surface area contributed by atoms with Gasteiger partial charge in [0.2, 0.25) is 15.9 Å². The molecule has 0 aliphatic rings. The summed E-state index contributed by atoms with van der Waals surface area (Å²) in [5.74, 6) is -1.44. The van der Waals surface area contributed by atoms with Crippen molar-refractivity contribution in [1.82, 2.24) is 4.72 Å². The molecule has 2 N–H and O–H groups in total. The van der Waals surface area contributed by atoms with Gasteiger partial charge < -0.3 is 10.0 Å². The molecule has 0 fully saturated rings. The number of benzene rings is 1. The molecule has 20 heavy (non-hydrogen) atoms. The minimum Gasteiger partial charge on any atom is -0.480 e. The van der Waals surface area contributed by atoms with Crippen LogP contribution in [0.25, 0.3) is 0 Å². The van der Waals surface area contributed by atoms with Crippen LogP contribution in [0.2, 0.25) is 0 Å². The van der Waals surface area contributed by atoms with Crippen molar-refractivity contribution in [3.63, 3.8) is 0 Å². The summed E-state index contributed by atoms with van der Waals surface area (Å²) in [5, 5.41) is 8.70. The number of nitrogens with zero attached hydrogens (tertiary/aromatic N) is 1. The van der Waals surface area contributed by atoms with Crippen LogP contribution < -0.4 is 9.62 Å². The fourth-order valence-electron chi connectivity index (χ4n) is 1.38. The molecular formula is C12H16N2O5S. The van der Waals surface area contributed by atoms with Gasteiger partial charge in [0.1, 0.15) is 6.04 Å². The van der Waals surface area contributed by atoms with E-state index in [0.717, 1.165) is 0 Å². The van der Waals surface area contributed by atoms with Crippen molar-refractivity contribution in [2.24, 2.45) is 0 Å². The topological polar surface area (TPSA) is 104 Å². The molecule has 0 aliphatic heterocycles. The van der Waals surface area contributed by atoms with Crippen LogP contribution in [0.5, 0.6) is 0 Å². The van der Waals surface area contributed by atoms with Gasteiger partial charge in [-0.2, -0.15) is 4.72 Å². The van der Waals surface area contributed by atoms with Crippen molar-refractivity contribution in [2.45, 2.75) is 24.8 Å². The largest absolute Gasteiger partial charge is 0.480 e. The third kappa shape index (κ3) is 3.78. The predicted octanol–water partition coefficient (Wildman–Crippen LogP) is 0.421. The lowest BCUT2D eigenvalue weighted by molar-refractivity contribution is -0.138. The van der Waals surface area contributed by atoms with Crippen molar-refractivity contribution < 1.29 is 23.1 Å². The zero-order valence-corrected chi connectivity index (χ0v) is 12.1. The Kier molecular flexibility index (Phi) is 4.85. The summed E-state index contributed by atoms with van der Waals surface area (Å²) in [6.45, 7) is 2.62. The van der Waals surface area contributed by atoms with E-state index < -0.39 is 22.0 Å². The van der Waals surface area contributed by atoms with Crippen LogP contribution in [0.15, 0.2) is 29.2 Å². The Labute approximate surface area is 117 Å². The monoisotopic (exact) mass is 300 g/mol. The van der Waals surface area contributed by atoms with Gasteiger partial charge >= 0.3 is 5.97 Å². The number of hydrogen-bond acceptors (Lipinski definition) is 4. The number of rotatable bonds is 5. The molecule has 0 unspecified atom stereocenters. The van der Waals surface area contributed by atoms with Crippen molar-refractivity contribution in [1.29, 1.82) is 0 Å². The number of anilines is 1. The molecule has 0 saturated carbocycles. The normalized spacial score (nSPS) is 12.8. The number of carbonyl (C=O) groups excluding carboxylic acids is 1. The minimum absolute atomic E-state index is 0.0636. The van der Waals surface area contributed by atoms with Crippen LogP contribution in [0, 0.1) is 0 Å². The first-order valence-electron chi connectivity index (χ1n) is 5.74. The molecule has 7 nitrogen and oxygen atoms in total. The van der Waals surface area contributed by atoms with Crippen molar-refractivity contribution in [3.05, 3.63) is 24.3 Å². The van der Waals surface area contributed by atoms with E-state index >= 15 is 0 Å². The lowest BCUT2D eigenvalue weighted by Crippen LogP contribution is -2.38. The van der Waals surface area contributed by atoms with E-state index in [1.165, 1.54) is 43.0 Å². The predicted molar refractivity (Wildman–Crippen MR) is 72.9 cm³/mol. The second-order valence-electron chi connectivity index (χ2n) is 4.25. The second-order valence-corrected chi connectivity index (χ2v) is 5.97. The number of sulfonamides is 1. The van der Waals surface area contributed by atoms with E-state index in [1.54, 1.807) is 7.05 Å². The van der Waals surface area contributed by atoms with E-state index in [4.69, 9.17) is 5.11 Å². The fraction of sp³-hybridized carbons (Fsp3) is 0.333. The summed E-state index contributed by atoms with van der Waals surface area (Å²) >= 11 is 0. The maximum absolute atomic E-state index is 11.9. The van der Waals surface area contributed by atoms with Gasteiger partial charge in [-0.15, -0.1) is 0 Å². The first-order chi connectivity index (χ1) is 9.15. The van der Waals surface area contributed by atoms with Gasteiger partial charge in [-0.3, -0.25) is 9.59 Å². The summed E-state index contributed by atoms with van der Waals surface area (Å²) in [6.07, 6.45) is 0. The zero-order valence-electron chi connectivity index (χ0n) is 11.3. The lowest BCUT2D eigenvalue weighted by atomic mass is 10.3. The maximum Gasteiger partial charge on any atom is 0.321 e. The maximum atomic E-state index is 11.9. The van der Waals surface area contributed by atoms with Crippen LogP contribution in [-0.4, -0.2) is 38.5 Å². The SMILES string of the molecule is CC(=O)N(C)c1ccc(S(=O)(=O)N[C@H](C)C(=O)O)cc1. The molecule has 0 radical (unpaired) electrons. The molecule has 0 heterocycles. The molecule has 8 heteroatoms. The lowest BCUT2D eigenvalue weighted by Gasteiger charge is -2.15. The quantitative estimate of drug-likeness (QED) is 0.820. The number of carboxylic acids is 1. The average molecular weight is 300 g/mol. The number of carboxylic acid groups (broad SMARTS) is 1. The summed E-state index contributed by atoms with van der Waals surface area (Å²) in [5.41, 5.74) is 0.544. The Balaban J connectivity index is 2.98. The van der Waals surface area contributed by atoms with Gasteiger partial charge in [0, 0.05) is 19.7 Å². The third-order valence-corrected chi connectivity index (χ3v) is 4.27. The van der Waals surface area contributed by atoms with E-state index in [-0.39, 0.29) is 10.8 Å². The van der Waals surface area contributed by atoms with E-state index in [1.807, 2.05) is 4.72 Å². The van der Waals surface area contributed by atoms with E-state index in [0.29, 0.717) is 5.69 Å². The number of nitrogens with one attached hydrogen (secondary N) is 1. The average Bonchev–Trinajstić information content (AvgIpc) is 2.37. The molecule has 110 valence electrons. The highest BCUT2D eigenvalue weighted by atomic mass is 32.2. The molecule has 0 aromatic heterocycles. The molecular weight excluding hydrogens is 284 g/mol. The minimum atomic E-state index is -3.90. The Morgan fingerprint density at radius 1 is 1.25 bits per heavy atom. The van der Waals surface area contributed by atoms with Gasteiger partial charge in [-0.25, -0.2) is 8.42 Å². The van der Waals surface area contributed by atoms with E-state index in [2.05, 4.69) is 0 Å². The highest BCUT2D eigenvalue weighted by Crippen LogP contribution is 2.17. The van der Waals surface area contributed by atoms with Gasteiger partial charge in [-0.1, -0.05) is 0 Å². The van der Waals surface area contributed by atoms with E-state index in [9.17, 15) is 18.0 Å². The zero-order chi connectivity index (χ0) is 15.5. The van der Waals surface area contributed by atoms with Crippen LogP contribution in [0.1, 0.15) is 13.8 Å². The number of aliphatic carboxylic acids is 1. The molecule has 1 aromatic rings. The van der Waals surface area contributed by atoms with Crippen LogP contribution >= 0.6 is 0 Å². The van der Waals surface area contributed by atoms with Gasteiger partial charge in [-0.05, 0) is 31.2 Å². The summed E-state index contributed by atoms with van der Waals surface area (Å²) in [4.78, 5) is 23.1. The number of hydrogen-bond donors (Lipinski definition) is 2. The van der Waals surface area contributed by atoms with Crippen LogP contribution in [0.3, 0.4) is 0 Å². The molecule has 1 rings (SSSR count). The molecule has 1 amide bonds. The van der Waals surface area contributed by atoms with Crippen LogP contribution in [0.4, 0.5) is 5.69 Å². The Bertz CT molecular complexity index is 609. The van der Waals surface area contributed by atoms with Crippen molar-refractivity contribution in [2.75, 3.05) is 11.9 Å².